The van der Waals surface area contributed by atoms with Crippen LogP contribution < -0.4 is 0 Å². The highest BCUT2D eigenvalue weighted by Crippen LogP contribution is 2.46. The molecule has 0 N–H and O–H groups in total. The van der Waals surface area contributed by atoms with Crippen molar-refractivity contribution in [3.05, 3.63) is 66.0 Å². The van der Waals surface area contributed by atoms with E-state index in [9.17, 15) is 9.59 Å². The van der Waals surface area contributed by atoms with E-state index in [0.717, 1.165) is 50.2 Å². The van der Waals surface area contributed by atoms with Crippen molar-refractivity contribution in [1.29, 1.82) is 0 Å². The van der Waals surface area contributed by atoms with Crippen molar-refractivity contribution in [1.82, 2.24) is 19.4 Å². The summed E-state index contributed by atoms with van der Waals surface area (Å²) in [6, 6.07) is 21.4. The van der Waals surface area contributed by atoms with Gasteiger partial charge in [-0.25, -0.2) is 4.98 Å². The Balaban J connectivity index is 1.03. The number of piperidine rings is 2. The fourth-order valence-corrected chi connectivity index (χ4v) is 8.63. The van der Waals surface area contributed by atoms with Crippen LogP contribution >= 0.6 is 0 Å². The molecule has 2 unspecified atom stereocenters. The second-order valence-electron chi connectivity index (χ2n) is 13.2. The smallest absolute Gasteiger partial charge is 0.309 e. The molecule has 0 radical (unpaired) electrons. The van der Waals surface area contributed by atoms with Crippen molar-refractivity contribution in [3.8, 4) is 0 Å². The lowest BCUT2D eigenvalue weighted by atomic mass is 9.70. The topological polar surface area (TPSA) is 67.7 Å². The summed E-state index contributed by atoms with van der Waals surface area (Å²) in [5.74, 6) is 0.666. The van der Waals surface area contributed by atoms with E-state index in [0.29, 0.717) is 31.2 Å². The number of carbonyl (C=O) groups excluding carboxylic acids is 2. The fourth-order valence-electron chi connectivity index (χ4n) is 8.63. The molecule has 7 nitrogen and oxygen atoms in total. The predicted octanol–water partition coefficient (Wildman–Crippen LogP) is 5.66. The summed E-state index contributed by atoms with van der Waals surface area (Å²) < 4.78 is 7.69. The maximum Gasteiger partial charge on any atom is 0.309 e. The van der Waals surface area contributed by atoms with Gasteiger partial charge in [-0.2, -0.15) is 0 Å². The predicted molar refractivity (Wildman–Crippen MR) is 163 cm³/mol. The molecular formula is C35H44N4O3. The molecule has 7 heteroatoms. The summed E-state index contributed by atoms with van der Waals surface area (Å²) in [5, 5.41) is 0. The number of imidazole rings is 1. The van der Waals surface area contributed by atoms with Gasteiger partial charge >= 0.3 is 5.97 Å². The van der Waals surface area contributed by atoms with Crippen LogP contribution in [0.15, 0.2) is 54.6 Å². The van der Waals surface area contributed by atoms with Gasteiger partial charge in [0, 0.05) is 31.2 Å². The summed E-state index contributed by atoms with van der Waals surface area (Å²) in [4.78, 5) is 35.1. The maximum atomic E-state index is 13.3. The van der Waals surface area contributed by atoms with E-state index in [1.807, 2.05) is 11.8 Å². The van der Waals surface area contributed by atoms with E-state index in [4.69, 9.17) is 9.72 Å². The maximum absolute atomic E-state index is 13.3. The summed E-state index contributed by atoms with van der Waals surface area (Å²) in [6.45, 7) is 7.00. The van der Waals surface area contributed by atoms with Gasteiger partial charge in [0.1, 0.15) is 5.82 Å². The van der Waals surface area contributed by atoms with Crippen LogP contribution in [0.2, 0.25) is 0 Å². The number of amides is 1. The minimum absolute atomic E-state index is 0.0789. The standard InChI is InChI=1S/C35H44N4O3/c1-3-42-34(41)30-23-29(30)33(40)37-18-15-35(16-19-37,25-9-5-4-6-10-25)17-20-38-26-13-14-27(38)22-28(21-26)39-24(2)36-31-11-7-8-12-32(31)39/h4-12,26-30H,3,13-23H2,1-2H3/t26-,27+,28?,29?,30-/m0/s1. The highest BCUT2D eigenvalue weighted by Gasteiger charge is 2.52. The first-order valence-electron chi connectivity index (χ1n) is 16.2. The van der Waals surface area contributed by atoms with E-state index in [2.05, 4.69) is 71.0 Å². The molecule has 3 aromatic rings. The molecule has 1 saturated carbocycles. The van der Waals surface area contributed by atoms with E-state index < -0.39 is 0 Å². The van der Waals surface area contributed by atoms with Crippen LogP contribution in [-0.2, 0) is 19.7 Å². The molecule has 0 spiro atoms. The highest BCUT2D eigenvalue weighted by molar-refractivity contribution is 5.90. The molecule has 3 saturated heterocycles. The van der Waals surface area contributed by atoms with E-state index in [-0.39, 0.29) is 29.1 Å². The number of para-hydroxylation sites is 2. The normalized spacial score (nSPS) is 28.6. The number of rotatable bonds is 8. The second kappa shape index (κ2) is 11.1. The number of fused-ring (bicyclic) bond motifs is 3. The number of hydrogen-bond acceptors (Lipinski definition) is 5. The molecule has 3 aliphatic heterocycles. The molecule has 222 valence electrons. The minimum atomic E-state index is -0.235. The van der Waals surface area contributed by atoms with Gasteiger partial charge in [-0.05, 0) is 94.9 Å². The number of nitrogens with zero attached hydrogens (tertiary/aromatic N) is 4. The van der Waals surface area contributed by atoms with E-state index in [1.165, 1.54) is 36.8 Å². The first kappa shape index (κ1) is 27.6. The van der Waals surface area contributed by atoms with Crippen molar-refractivity contribution in [3.63, 3.8) is 0 Å². The number of benzene rings is 2. The average Bonchev–Trinajstić information content (AvgIpc) is 3.69. The molecule has 5 atom stereocenters. The Morgan fingerprint density at radius 3 is 2.31 bits per heavy atom. The van der Waals surface area contributed by atoms with Gasteiger partial charge in [0.05, 0.1) is 29.5 Å². The summed E-state index contributed by atoms with van der Waals surface area (Å²) in [6.07, 6.45) is 8.69. The molecule has 42 heavy (non-hydrogen) atoms. The van der Waals surface area contributed by atoms with Gasteiger partial charge in [0.2, 0.25) is 5.91 Å². The molecular weight excluding hydrogens is 524 g/mol. The molecule has 4 fully saturated rings. The molecule has 2 bridgehead atoms. The number of aromatic nitrogens is 2. The van der Waals surface area contributed by atoms with Crippen LogP contribution in [0.4, 0.5) is 0 Å². The van der Waals surface area contributed by atoms with E-state index in [1.54, 1.807) is 0 Å². The van der Waals surface area contributed by atoms with Crippen LogP contribution in [0.25, 0.3) is 11.0 Å². The third kappa shape index (κ3) is 4.93. The second-order valence-corrected chi connectivity index (χ2v) is 13.2. The Morgan fingerprint density at radius 1 is 0.905 bits per heavy atom. The Hall–Kier alpha value is -3.19. The molecule has 4 heterocycles. The van der Waals surface area contributed by atoms with Gasteiger partial charge in [-0.1, -0.05) is 42.5 Å². The minimum Gasteiger partial charge on any atom is -0.466 e. The average molecular weight is 569 g/mol. The lowest BCUT2D eigenvalue weighted by molar-refractivity contribution is -0.147. The van der Waals surface area contributed by atoms with Crippen molar-refractivity contribution in [2.45, 2.75) is 88.8 Å². The molecule has 1 amide bonds. The Bertz CT molecular complexity index is 1430. The fraction of sp³-hybridized carbons (Fsp3) is 0.571. The zero-order valence-corrected chi connectivity index (χ0v) is 25.1. The lowest BCUT2D eigenvalue weighted by Gasteiger charge is -2.45. The quantitative estimate of drug-likeness (QED) is 0.328. The number of likely N-dealkylation sites (tertiary alicyclic amines) is 1. The third-order valence-corrected chi connectivity index (χ3v) is 11.0. The number of esters is 1. The summed E-state index contributed by atoms with van der Waals surface area (Å²) >= 11 is 0. The summed E-state index contributed by atoms with van der Waals surface area (Å²) in [5.41, 5.74) is 3.88. The van der Waals surface area contributed by atoms with E-state index >= 15 is 0 Å². The van der Waals surface area contributed by atoms with Gasteiger partial charge < -0.3 is 14.2 Å². The van der Waals surface area contributed by atoms with Crippen molar-refractivity contribution in [2.24, 2.45) is 11.8 Å². The molecule has 2 aromatic carbocycles. The van der Waals surface area contributed by atoms with Crippen LogP contribution in [-0.4, -0.2) is 69.6 Å². The third-order valence-electron chi connectivity index (χ3n) is 11.0. The van der Waals surface area contributed by atoms with Crippen LogP contribution in [0.3, 0.4) is 0 Å². The van der Waals surface area contributed by atoms with Gasteiger partial charge in [-0.15, -0.1) is 0 Å². The highest BCUT2D eigenvalue weighted by atomic mass is 16.5. The monoisotopic (exact) mass is 568 g/mol. The largest absolute Gasteiger partial charge is 0.466 e. The molecule has 4 aliphatic rings. The zero-order chi connectivity index (χ0) is 28.8. The summed E-state index contributed by atoms with van der Waals surface area (Å²) in [7, 11) is 0. The molecule has 7 rings (SSSR count). The van der Waals surface area contributed by atoms with Crippen molar-refractivity contribution in [2.75, 3.05) is 26.2 Å². The van der Waals surface area contributed by atoms with Gasteiger partial charge in [0.15, 0.2) is 0 Å². The lowest BCUT2D eigenvalue weighted by Crippen LogP contribution is -2.49. The van der Waals surface area contributed by atoms with Crippen LogP contribution in [0.1, 0.15) is 75.7 Å². The first-order valence-corrected chi connectivity index (χ1v) is 16.2. The number of aryl methyl sites for hydroxylation is 1. The number of hydrogen-bond donors (Lipinski definition) is 0. The Labute approximate surface area is 249 Å². The van der Waals surface area contributed by atoms with Crippen molar-refractivity contribution >= 4 is 22.9 Å². The van der Waals surface area contributed by atoms with Gasteiger partial charge in [0.25, 0.3) is 0 Å². The van der Waals surface area contributed by atoms with Crippen LogP contribution in [0.5, 0.6) is 0 Å². The Morgan fingerprint density at radius 2 is 1.60 bits per heavy atom. The SMILES string of the molecule is CCOC(=O)[C@H]1CC1C(=O)N1CCC(CCN2[C@@H]3CC[C@H]2CC(n2c(C)nc4ccccc42)C3)(c2ccccc2)CC1. The number of ether oxygens (including phenoxy) is 1. The number of carbonyl (C=O) groups is 2. The van der Waals surface area contributed by atoms with Crippen molar-refractivity contribution < 1.29 is 14.3 Å². The molecule has 1 aromatic heterocycles. The van der Waals surface area contributed by atoms with Gasteiger partial charge in [-0.3, -0.25) is 14.5 Å². The first-order chi connectivity index (χ1) is 20.5. The zero-order valence-electron chi connectivity index (χ0n) is 25.1. The molecule has 1 aliphatic carbocycles. The van der Waals surface area contributed by atoms with Crippen LogP contribution in [0, 0.1) is 18.8 Å². The Kier molecular flexibility index (Phi) is 7.33.